The van der Waals surface area contributed by atoms with Crippen LogP contribution in [0.15, 0.2) is 29.2 Å². The molecule has 1 aromatic rings. The van der Waals surface area contributed by atoms with Crippen LogP contribution < -0.4 is 5.32 Å². The molecule has 1 fully saturated rings. The van der Waals surface area contributed by atoms with Crippen molar-refractivity contribution in [2.75, 3.05) is 31.9 Å². The SMILES string of the molecule is Cc1ccccc1SCC(=O)NCCCN1CCC(C)CC1. The van der Waals surface area contributed by atoms with Crippen LogP contribution in [0.5, 0.6) is 0 Å². The first-order chi connectivity index (χ1) is 10.6. The molecular formula is C18H28N2OS. The molecule has 0 atom stereocenters. The summed E-state index contributed by atoms with van der Waals surface area (Å²) in [6.07, 6.45) is 3.69. The Morgan fingerprint density at radius 2 is 2.05 bits per heavy atom. The molecule has 0 radical (unpaired) electrons. The lowest BCUT2D eigenvalue weighted by atomic mass is 9.99. The van der Waals surface area contributed by atoms with Gasteiger partial charge in [0.1, 0.15) is 0 Å². The predicted molar refractivity (Wildman–Crippen MR) is 94.4 cm³/mol. The fraction of sp³-hybridized carbons (Fsp3) is 0.611. The minimum atomic E-state index is 0.139. The van der Waals surface area contributed by atoms with Crippen molar-refractivity contribution in [3.05, 3.63) is 29.8 Å². The molecule has 22 heavy (non-hydrogen) atoms. The molecule has 0 saturated carbocycles. The number of amides is 1. The molecule has 0 spiro atoms. The number of hydrogen-bond acceptors (Lipinski definition) is 3. The van der Waals surface area contributed by atoms with Gasteiger partial charge in [0.25, 0.3) is 0 Å². The van der Waals surface area contributed by atoms with E-state index in [1.807, 2.05) is 12.1 Å². The molecule has 2 rings (SSSR count). The smallest absolute Gasteiger partial charge is 0.230 e. The van der Waals surface area contributed by atoms with E-state index in [9.17, 15) is 4.79 Å². The van der Waals surface area contributed by atoms with Crippen molar-refractivity contribution in [1.82, 2.24) is 10.2 Å². The van der Waals surface area contributed by atoms with Gasteiger partial charge in [0.2, 0.25) is 5.91 Å². The third-order valence-electron chi connectivity index (χ3n) is 4.30. The van der Waals surface area contributed by atoms with Crippen molar-refractivity contribution >= 4 is 17.7 Å². The average molecular weight is 321 g/mol. The third kappa shape index (κ3) is 6.01. The molecule has 0 aliphatic carbocycles. The molecule has 4 heteroatoms. The van der Waals surface area contributed by atoms with Gasteiger partial charge < -0.3 is 10.2 Å². The van der Waals surface area contributed by atoms with Gasteiger partial charge in [-0.3, -0.25) is 4.79 Å². The number of nitrogens with one attached hydrogen (secondary N) is 1. The highest BCUT2D eigenvalue weighted by atomic mass is 32.2. The van der Waals surface area contributed by atoms with Crippen LogP contribution in [0, 0.1) is 12.8 Å². The van der Waals surface area contributed by atoms with Gasteiger partial charge in [-0.25, -0.2) is 0 Å². The van der Waals surface area contributed by atoms with E-state index >= 15 is 0 Å². The molecule has 0 aromatic heterocycles. The summed E-state index contributed by atoms with van der Waals surface area (Å²) in [5.41, 5.74) is 1.24. The molecule has 1 aliphatic heterocycles. The second kappa shape index (κ2) is 9.21. The number of likely N-dealkylation sites (tertiary alicyclic amines) is 1. The topological polar surface area (TPSA) is 32.3 Å². The highest BCUT2D eigenvalue weighted by molar-refractivity contribution is 8.00. The van der Waals surface area contributed by atoms with E-state index in [1.165, 1.54) is 36.4 Å². The molecule has 1 amide bonds. The number of nitrogens with zero attached hydrogens (tertiary/aromatic N) is 1. The summed E-state index contributed by atoms with van der Waals surface area (Å²) in [5.74, 6) is 1.53. The van der Waals surface area contributed by atoms with Crippen LogP contribution in [-0.2, 0) is 4.79 Å². The minimum absolute atomic E-state index is 0.139. The minimum Gasteiger partial charge on any atom is -0.355 e. The lowest BCUT2D eigenvalue weighted by Crippen LogP contribution is -2.35. The Kier molecular flexibility index (Phi) is 7.26. The second-order valence-corrected chi connectivity index (χ2v) is 7.30. The second-order valence-electron chi connectivity index (χ2n) is 6.28. The fourth-order valence-corrected chi connectivity index (χ4v) is 3.59. The largest absolute Gasteiger partial charge is 0.355 e. The van der Waals surface area contributed by atoms with Crippen LogP contribution in [0.1, 0.15) is 31.7 Å². The van der Waals surface area contributed by atoms with Crippen molar-refractivity contribution in [2.45, 2.75) is 38.0 Å². The first kappa shape index (κ1) is 17.4. The van der Waals surface area contributed by atoms with E-state index in [4.69, 9.17) is 0 Å². The molecule has 0 bridgehead atoms. The monoisotopic (exact) mass is 320 g/mol. The lowest BCUT2D eigenvalue weighted by Gasteiger charge is -2.30. The van der Waals surface area contributed by atoms with Crippen molar-refractivity contribution < 1.29 is 4.79 Å². The highest BCUT2D eigenvalue weighted by Gasteiger charge is 2.14. The van der Waals surface area contributed by atoms with E-state index in [0.29, 0.717) is 5.75 Å². The highest BCUT2D eigenvalue weighted by Crippen LogP contribution is 2.21. The van der Waals surface area contributed by atoms with Crippen molar-refractivity contribution in [2.24, 2.45) is 5.92 Å². The lowest BCUT2D eigenvalue weighted by molar-refractivity contribution is -0.118. The molecule has 1 saturated heterocycles. The van der Waals surface area contributed by atoms with Crippen LogP contribution in [0.2, 0.25) is 0 Å². The van der Waals surface area contributed by atoms with Crippen LogP contribution in [-0.4, -0.2) is 42.7 Å². The summed E-state index contributed by atoms with van der Waals surface area (Å²) in [6.45, 7) is 8.76. The summed E-state index contributed by atoms with van der Waals surface area (Å²) in [7, 11) is 0. The number of carbonyl (C=O) groups is 1. The molecule has 1 aliphatic rings. The van der Waals surface area contributed by atoms with Gasteiger partial charge in [-0.15, -0.1) is 11.8 Å². The van der Waals surface area contributed by atoms with E-state index in [0.717, 1.165) is 25.4 Å². The van der Waals surface area contributed by atoms with Gasteiger partial charge in [-0.05, 0) is 63.4 Å². The molecule has 122 valence electrons. The van der Waals surface area contributed by atoms with Crippen molar-refractivity contribution in [1.29, 1.82) is 0 Å². The number of aryl methyl sites for hydroxylation is 1. The molecular weight excluding hydrogens is 292 g/mol. The third-order valence-corrected chi connectivity index (χ3v) is 5.48. The zero-order valence-corrected chi connectivity index (χ0v) is 14.6. The number of piperidine rings is 1. The zero-order valence-electron chi connectivity index (χ0n) is 13.8. The first-order valence-electron chi connectivity index (χ1n) is 8.32. The zero-order chi connectivity index (χ0) is 15.8. The summed E-state index contributed by atoms with van der Waals surface area (Å²) >= 11 is 1.62. The number of hydrogen-bond donors (Lipinski definition) is 1. The van der Waals surface area contributed by atoms with E-state index in [-0.39, 0.29) is 5.91 Å². The number of thioether (sulfide) groups is 1. The maximum absolute atomic E-state index is 11.9. The van der Waals surface area contributed by atoms with Gasteiger partial charge in [0.05, 0.1) is 5.75 Å². The van der Waals surface area contributed by atoms with Gasteiger partial charge >= 0.3 is 0 Å². The number of benzene rings is 1. The normalized spacial score (nSPS) is 16.6. The summed E-state index contributed by atoms with van der Waals surface area (Å²) < 4.78 is 0. The van der Waals surface area contributed by atoms with Gasteiger partial charge in [-0.2, -0.15) is 0 Å². The number of carbonyl (C=O) groups excluding carboxylic acids is 1. The predicted octanol–water partition coefficient (Wildman–Crippen LogP) is 3.33. The van der Waals surface area contributed by atoms with Crippen molar-refractivity contribution in [3.63, 3.8) is 0 Å². The van der Waals surface area contributed by atoms with E-state index in [2.05, 4.69) is 36.2 Å². The molecule has 1 N–H and O–H groups in total. The quantitative estimate of drug-likeness (QED) is 0.618. The van der Waals surface area contributed by atoms with Gasteiger partial charge in [0, 0.05) is 11.4 Å². The van der Waals surface area contributed by atoms with E-state index in [1.54, 1.807) is 11.8 Å². The molecule has 1 heterocycles. The molecule has 0 unspecified atom stereocenters. The fourth-order valence-electron chi connectivity index (χ4n) is 2.73. The molecule has 1 aromatic carbocycles. The number of rotatable bonds is 7. The maximum Gasteiger partial charge on any atom is 0.230 e. The van der Waals surface area contributed by atoms with Crippen LogP contribution in [0.25, 0.3) is 0 Å². The van der Waals surface area contributed by atoms with Crippen LogP contribution in [0.4, 0.5) is 0 Å². The van der Waals surface area contributed by atoms with E-state index < -0.39 is 0 Å². The maximum atomic E-state index is 11.9. The molecule has 3 nitrogen and oxygen atoms in total. The Labute approximate surface area is 138 Å². The van der Waals surface area contributed by atoms with Gasteiger partial charge in [0.15, 0.2) is 0 Å². The standard InChI is InChI=1S/C18H28N2OS/c1-15-8-12-20(13-9-15)11-5-10-19-18(21)14-22-17-7-4-3-6-16(17)2/h3-4,6-7,15H,5,8-14H2,1-2H3,(H,19,21). The van der Waals surface area contributed by atoms with Crippen LogP contribution in [0.3, 0.4) is 0 Å². The Morgan fingerprint density at radius 3 is 2.77 bits per heavy atom. The summed E-state index contributed by atoms with van der Waals surface area (Å²) in [4.78, 5) is 15.6. The Balaban J connectivity index is 1.55. The summed E-state index contributed by atoms with van der Waals surface area (Å²) in [6, 6.07) is 8.21. The van der Waals surface area contributed by atoms with Crippen molar-refractivity contribution in [3.8, 4) is 0 Å². The Morgan fingerprint density at radius 1 is 1.32 bits per heavy atom. The van der Waals surface area contributed by atoms with Gasteiger partial charge in [-0.1, -0.05) is 25.1 Å². The summed E-state index contributed by atoms with van der Waals surface area (Å²) in [5, 5.41) is 3.03. The Hall–Kier alpha value is -1.00. The Bertz CT molecular complexity index is 470. The van der Waals surface area contributed by atoms with Crippen LogP contribution >= 0.6 is 11.8 Å². The average Bonchev–Trinajstić information content (AvgIpc) is 2.52. The first-order valence-corrected chi connectivity index (χ1v) is 9.31.